The van der Waals surface area contributed by atoms with Gasteiger partial charge in [-0.2, -0.15) is 10.1 Å². The average molecular weight is 331 g/mol. The Morgan fingerprint density at radius 1 is 1.42 bits per heavy atom. The molecular weight excluding hydrogens is 310 g/mol. The minimum absolute atomic E-state index is 0.277. The molecule has 3 rings (SSSR count). The maximum atomic E-state index is 11.6. The lowest BCUT2D eigenvalue weighted by molar-refractivity contribution is 0.0699. The van der Waals surface area contributed by atoms with Crippen molar-refractivity contribution in [2.45, 2.75) is 12.8 Å². The van der Waals surface area contributed by atoms with Crippen LogP contribution in [0.25, 0.3) is 0 Å². The molecule has 0 aromatic carbocycles. The zero-order chi connectivity index (χ0) is 16.9. The van der Waals surface area contributed by atoms with Crippen LogP contribution in [-0.4, -0.2) is 45.4 Å². The first-order valence-electron chi connectivity index (χ1n) is 7.86. The molecule has 9 nitrogen and oxygen atoms in total. The zero-order valence-corrected chi connectivity index (χ0v) is 13.5. The molecule has 3 heterocycles. The van der Waals surface area contributed by atoms with Crippen molar-refractivity contribution in [1.82, 2.24) is 19.7 Å². The van der Waals surface area contributed by atoms with Gasteiger partial charge in [0, 0.05) is 39.2 Å². The minimum Gasteiger partial charge on any atom is -0.381 e. The van der Waals surface area contributed by atoms with Crippen LogP contribution in [0.5, 0.6) is 0 Å². The summed E-state index contributed by atoms with van der Waals surface area (Å²) < 4.78 is 7.03. The number of hydrogen-bond donors (Lipinski definition) is 3. The number of hydrogen-bond acceptors (Lipinski definition) is 7. The molecule has 2 aromatic rings. The lowest BCUT2D eigenvalue weighted by Crippen LogP contribution is -2.24. The smallest absolute Gasteiger partial charge is 0.254 e. The summed E-state index contributed by atoms with van der Waals surface area (Å²) in [5, 5.41) is 10.4. The Bertz CT molecular complexity index is 710. The molecule has 2 aromatic heterocycles. The Labute approximate surface area is 139 Å². The number of rotatable bonds is 6. The van der Waals surface area contributed by atoms with Gasteiger partial charge in [-0.1, -0.05) is 0 Å². The molecule has 1 aliphatic rings. The highest BCUT2D eigenvalue weighted by Gasteiger charge is 2.17. The van der Waals surface area contributed by atoms with Crippen LogP contribution in [0.15, 0.2) is 18.6 Å². The van der Waals surface area contributed by atoms with Gasteiger partial charge in [-0.15, -0.1) is 0 Å². The van der Waals surface area contributed by atoms with Gasteiger partial charge < -0.3 is 21.1 Å². The van der Waals surface area contributed by atoms with E-state index in [1.807, 2.05) is 7.05 Å². The molecule has 9 heteroatoms. The fourth-order valence-corrected chi connectivity index (χ4v) is 2.56. The third-order valence-corrected chi connectivity index (χ3v) is 3.91. The van der Waals surface area contributed by atoms with Crippen molar-refractivity contribution in [1.29, 1.82) is 0 Å². The molecule has 1 fully saturated rings. The van der Waals surface area contributed by atoms with Gasteiger partial charge in [0.1, 0.15) is 5.82 Å². The van der Waals surface area contributed by atoms with Crippen LogP contribution >= 0.6 is 0 Å². The molecule has 0 aliphatic carbocycles. The van der Waals surface area contributed by atoms with Gasteiger partial charge >= 0.3 is 0 Å². The number of nitrogens with zero attached hydrogens (tertiary/aromatic N) is 4. The molecule has 0 unspecified atom stereocenters. The van der Waals surface area contributed by atoms with Crippen LogP contribution in [0.4, 0.5) is 17.5 Å². The summed E-state index contributed by atoms with van der Waals surface area (Å²) in [6, 6.07) is 0. The molecule has 0 atom stereocenters. The first-order chi connectivity index (χ1) is 11.6. The van der Waals surface area contributed by atoms with E-state index in [9.17, 15) is 4.79 Å². The Kier molecular flexibility index (Phi) is 4.90. The van der Waals surface area contributed by atoms with Crippen LogP contribution in [0.1, 0.15) is 23.2 Å². The number of amides is 1. The summed E-state index contributed by atoms with van der Waals surface area (Å²) in [4.78, 5) is 20.1. The van der Waals surface area contributed by atoms with Gasteiger partial charge in [0.05, 0.1) is 17.4 Å². The molecule has 4 N–H and O–H groups in total. The van der Waals surface area contributed by atoms with E-state index in [0.717, 1.165) is 31.7 Å². The van der Waals surface area contributed by atoms with Crippen molar-refractivity contribution in [3.05, 3.63) is 24.2 Å². The molecule has 0 radical (unpaired) electrons. The topological polar surface area (TPSA) is 120 Å². The Hall–Kier alpha value is -2.68. The van der Waals surface area contributed by atoms with Crippen molar-refractivity contribution in [3.8, 4) is 0 Å². The summed E-state index contributed by atoms with van der Waals surface area (Å²) >= 11 is 0. The van der Waals surface area contributed by atoms with E-state index in [-0.39, 0.29) is 5.56 Å². The molecule has 0 saturated carbocycles. The van der Waals surface area contributed by atoms with Gasteiger partial charge in [-0.05, 0) is 18.8 Å². The van der Waals surface area contributed by atoms with Crippen molar-refractivity contribution in [2.75, 3.05) is 30.4 Å². The number of nitrogens with two attached hydrogens (primary N) is 1. The third kappa shape index (κ3) is 3.99. The maximum absolute atomic E-state index is 11.6. The van der Waals surface area contributed by atoms with E-state index in [1.165, 1.54) is 6.20 Å². The van der Waals surface area contributed by atoms with Crippen molar-refractivity contribution in [3.63, 3.8) is 0 Å². The summed E-state index contributed by atoms with van der Waals surface area (Å²) in [5.74, 6) is 0.749. The van der Waals surface area contributed by atoms with Crippen LogP contribution in [-0.2, 0) is 11.8 Å². The average Bonchev–Trinajstić information content (AvgIpc) is 2.98. The highest BCUT2D eigenvalue weighted by molar-refractivity contribution is 5.97. The Morgan fingerprint density at radius 3 is 2.88 bits per heavy atom. The minimum atomic E-state index is -0.558. The first kappa shape index (κ1) is 16.2. The summed E-state index contributed by atoms with van der Waals surface area (Å²) in [5.41, 5.74) is 6.46. The predicted octanol–water partition coefficient (Wildman–Crippen LogP) is 0.891. The van der Waals surface area contributed by atoms with E-state index in [1.54, 1.807) is 17.1 Å². The number of primary amides is 1. The molecule has 1 saturated heterocycles. The van der Waals surface area contributed by atoms with Gasteiger partial charge in [0.15, 0.2) is 0 Å². The number of carbonyl (C=O) groups excluding carboxylic acids is 1. The molecule has 128 valence electrons. The molecule has 1 aliphatic heterocycles. The SMILES string of the molecule is Cn1cc(Nc2ncc(C(N)=O)c(NCC3CCOCC3)n2)cn1. The highest BCUT2D eigenvalue weighted by atomic mass is 16.5. The molecule has 1 amide bonds. The van der Waals surface area contributed by atoms with Gasteiger partial charge in [0.2, 0.25) is 5.95 Å². The first-order valence-corrected chi connectivity index (χ1v) is 7.86. The number of carbonyl (C=O) groups is 1. The lowest BCUT2D eigenvalue weighted by Gasteiger charge is -2.22. The maximum Gasteiger partial charge on any atom is 0.254 e. The molecule has 0 spiro atoms. The van der Waals surface area contributed by atoms with Crippen molar-refractivity contribution < 1.29 is 9.53 Å². The summed E-state index contributed by atoms with van der Waals surface area (Å²) in [6.07, 6.45) is 6.89. The zero-order valence-electron chi connectivity index (χ0n) is 13.5. The van der Waals surface area contributed by atoms with Crippen molar-refractivity contribution in [2.24, 2.45) is 18.7 Å². The monoisotopic (exact) mass is 331 g/mol. The van der Waals surface area contributed by atoms with Gasteiger partial charge in [0.25, 0.3) is 5.91 Å². The number of aromatic nitrogens is 4. The van der Waals surface area contributed by atoms with Gasteiger partial charge in [-0.25, -0.2) is 4.98 Å². The second-order valence-electron chi connectivity index (χ2n) is 5.78. The number of aryl methyl sites for hydroxylation is 1. The summed E-state index contributed by atoms with van der Waals surface area (Å²) in [7, 11) is 1.82. The van der Waals surface area contributed by atoms with E-state index in [0.29, 0.717) is 24.2 Å². The second kappa shape index (κ2) is 7.26. The quantitative estimate of drug-likeness (QED) is 0.719. The molecule has 0 bridgehead atoms. The van der Waals surface area contributed by atoms with E-state index in [4.69, 9.17) is 10.5 Å². The third-order valence-electron chi connectivity index (χ3n) is 3.91. The van der Waals surface area contributed by atoms with Crippen molar-refractivity contribution >= 4 is 23.4 Å². The van der Waals surface area contributed by atoms with Crippen LogP contribution in [0, 0.1) is 5.92 Å². The normalized spacial score (nSPS) is 15.2. The van der Waals surface area contributed by atoms with Gasteiger partial charge in [-0.3, -0.25) is 9.48 Å². The van der Waals surface area contributed by atoms with E-state index in [2.05, 4.69) is 25.7 Å². The van der Waals surface area contributed by atoms with E-state index < -0.39 is 5.91 Å². The highest BCUT2D eigenvalue weighted by Crippen LogP contribution is 2.19. The van der Waals surface area contributed by atoms with Crippen LogP contribution in [0.3, 0.4) is 0 Å². The standard InChI is InChI=1S/C15H21N7O2/c1-22-9-11(7-19-22)20-15-18-8-12(13(16)23)14(21-15)17-6-10-2-4-24-5-3-10/h7-10H,2-6H2,1H3,(H2,16,23)(H2,17,18,20,21). The predicted molar refractivity (Wildman–Crippen MR) is 89.1 cm³/mol. The fourth-order valence-electron chi connectivity index (χ4n) is 2.56. The van der Waals surface area contributed by atoms with E-state index >= 15 is 0 Å². The summed E-state index contributed by atoms with van der Waals surface area (Å²) in [6.45, 7) is 2.26. The lowest BCUT2D eigenvalue weighted by atomic mass is 10.0. The Balaban J connectivity index is 1.73. The Morgan fingerprint density at radius 2 is 2.21 bits per heavy atom. The molecular formula is C15H21N7O2. The number of anilines is 3. The second-order valence-corrected chi connectivity index (χ2v) is 5.78. The largest absolute Gasteiger partial charge is 0.381 e. The van der Waals surface area contributed by atoms with Crippen LogP contribution in [0.2, 0.25) is 0 Å². The number of nitrogens with one attached hydrogen (secondary N) is 2. The van der Waals surface area contributed by atoms with Crippen LogP contribution < -0.4 is 16.4 Å². The fraction of sp³-hybridized carbons (Fsp3) is 0.467. The number of ether oxygens (including phenoxy) is 1. The molecule has 24 heavy (non-hydrogen) atoms.